The zero-order valence-corrected chi connectivity index (χ0v) is 8.54. The van der Waals surface area contributed by atoms with Crippen LogP contribution in [0.25, 0.3) is 0 Å². The monoisotopic (exact) mass is 200 g/mol. The predicted octanol–water partition coefficient (Wildman–Crippen LogP) is -0.665. The van der Waals surface area contributed by atoms with E-state index in [4.69, 9.17) is 4.74 Å². The summed E-state index contributed by atoms with van der Waals surface area (Å²) in [6.07, 6.45) is 2.18. The molecule has 82 valence electrons. The summed E-state index contributed by atoms with van der Waals surface area (Å²) in [5.41, 5.74) is 0. The Hall–Kier alpha value is -0.160. The molecule has 0 aliphatic carbocycles. The zero-order valence-electron chi connectivity index (χ0n) is 8.54. The first-order valence-electron chi connectivity index (χ1n) is 5.56. The van der Waals surface area contributed by atoms with E-state index in [2.05, 4.69) is 10.6 Å². The minimum absolute atomic E-state index is 0.157. The molecule has 0 amide bonds. The van der Waals surface area contributed by atoms with E-state index in [1.54, 1.807) is 0 Å². The number of ether oxygens (including phenoxy) is 1. The van der Waals surface area contributed by atoms with Gasteiger partial charge in [-0.1, -0.05) is 0 Å². The van der Waals surface area contributed by atoms with Gasteiger partial charge in [-0.05, 0) is 38.4 Å². The molecule has 0 radical (unpaired) electrons. The molecule has 2 fully saturated rings. The van der Waals surface area contributed by atoms with E-state index in [1.165, 1.54) is 12.8 Å². The first-order valence-corrected chi connectivity index (χ1v) is 5.56. The summed E-state index contributed by atoms with van der Waals surface area (Å²) in [4.78, 5) is 0. The third-order valence-corrected chi connectivity index (χ3v) is 3.18. The van der Waals surface area contributed by atoms with Gasteiger partial charge in [0.05, 0.1) is 25.4 Å². The highest BCUT2D eigenvalue weighted by atomic mass is 16.5. The molecule has 4 nitrogen and oxygen atoms in total. The van der Waals surface area contributed by atoms with Crippen LogP contribution in [0, 0.1) is 5.92 Å². The van der Waals surface area contributed by atoms with Crippen molar-refractivity contribution in [3.05, 3.63) is 0 Å². The number of hydrogen-bond acceptors (Lipinski definition) is 4. The summed E-state index contributed by atoms with van der Waals surface area (Å²) in [5, 5.41) is 16.3. The van der Waals surface area contributed by atoms with Gasteiger partial charge in [0.2, 0.25) is 0 Å². The zero-order chi connectivity index (χ0) is 9.80. The van der Waals surface area contributed by atoms with E-state index in [-0.39, 0.29) is 12.1 Å². The molecule has 14 heavy (non-hydrogen) atoms. The van der Waals surface area contributed by atoms with Crippen molar-refractivity contribution in [2.24, 2.45) is 5.92 Å². The van der Waals surface area contributed by atoms with Crippen LogP contribution in [0.4, 0.5) is 0 Å². The molecule has 2 saturated heterocycles. The van der Waals surface area contributed by atoms with E-state index in [0.29, 0.717) is 13.2 Å². The van der Waals surface area contributed by atoms with E-state index < -0.39 is 0 Å². The van der Waals surface area contributed by atoms with Crippen molar-refractivity contribution >= 4 is 0 Å². The van der Waals surface area contributed by atoms with Crippen molar-refractivity contribution in [1.82, 2.24) is 10.6 Å². The first-order chi connectivity index (χ1) is 6.86. The SMILES string of the molecule is OC1COCC1NCC1CCNCC1. The first kappa shape index (κ1) is 10.4. The molecule has 2 aliphatic heterocycles. The molecular formula is C10H20N2O2. The molecule has 2 aliphatic rings. The quantitative estimate of drug-likeness (QED) is 0.566. The molecule has 2 heterocycles. The predicted molar refractivity (Wildman–Crippen MR) is 54.2 cm³/mol. The highest BCUT2D eigenvalue weighted by Gasteiger charge is 2.26. The van der Waals surface area contributed by atoms with Gasteiger partial charge in [0.25, 0.3) is 0 Å². The normalized spacial score (nSPS) is 34.9. The van der Waals surface area contributed by atoms with Gasteiger partial charge >= 0.3 is 0 Å². The van der Waals surface area contributed by atoms with Gasteiger partial charge in [0.15, 0.2) is 0 Å². The fraction of sp³-hybridized carbons (Fsp3) is 1.00. The summed E-state index contributed by atoms with van der Waals surface area (Å²) in [6.45, 7) is 4.44. The molecule has 2 unspecified atom stereocenters. The number of nitrogens with one attached hydrogen (secondary N) is 2. The Kier molecular flexibility index (Phi) is 3.75. The lowest BCUT2D eigenvalue weighted by Gasteiger charge is -2.25. The molecule has 0 spiro atoms. The van der Waals surface area contributed by atoms with Crippen LogP contribution >= 0.6 is 0 Å². The Labute approximate surface area is 85.0 Å². The lowest BCUT2D eigenvalue weighted by molar-refractivity contribution is 0.121. The van der Waals surface area contributed by atoms with E-state index in [0.717, 1.165) is 25.6 Å². The third-order valence-electron chi connectivity index (χ3n) is 3.18. The average Bonchev–Trinajstić information content (AvgIpc) is 2.63. The van der Waals surface area contributed by atoms with Gasteiger partial charge in [-0.15, -0.1) is 0 Å². The van der Waals surface area contributed by atoms with Crippen molar-refractivity contribution in [2.75, 3.05) is 32.8 Å². The molecular weight excluding hydrogens is 180 g/mol. The Balaban J connectivity index is 1.65. The standard InChI is InChI=1S/C10H20N2O2/c13-10-7-14-6-9(10)12-5-8-1-3-11-4-2-8/h8-13H,1-7H2. The second-order valence-corrected chi connectivity index (χ2v) is 4.31. The summed E-state index contributed by atoms with van der Waals surface area (Å²) >= 11 is 0. The number of aliphatic hydroxyl groups excluding tert-OH is 1. The van der Waals surface area contributed by atoms with Gasteiger partial charge in [0.1, 0.15) is 0 Å². The van der Waals surface area contributed by atoms with Crippen LogP contribution in [0.1, 0.15) is 12.8 Å². The number of piperidine rings is 1. The molecule has 0 aromatic heterocycles. The molecule has 0 aromatic rings. The largest absolute Gasteiger partial charge is 0.389 e. The van der Waals surface area contributed by atoms with Crippen LogP contribution < -0.4 is 10.6 Å². The maximum absolute atomic E-state index is 9.52. The third kappa shape index (κ3) is 2.67. The molecule has 2 rings (SSSR count). The molecule has 2 atom stereocenters. The Morgan fingerprint density at radius 2 is 2.07 bits per heavy atom. The summed E-state index contributed by atoms with van der Waals surface area (Å²) in [7, 11) is 0. The second kappa shape index (κ2) is 5.07. The molecule has 0 bridgehead atoms. The van der Waals surface area contributed by atoms with Crippen molar-refractivity contribution in [3.63, 3.8) is 0 Å². The Bertz CT molecular complexity index is 172. The molecule has 4 heteroatoms. The lowest BCUT2D eigenvalue weighted by atomic mass is 9.98. The fourth-order valence-electron chi connectivity index (χ4n) is 2.14. The number of rotatable bonds is 3. The van der Waals surface area contributed by atoms with Crippen LogP contribution in [0.3, 0.4) is 0 Å². The van der Waals surface area contributed by atoms with E-state index in [9.17, 15) is 5.11 Å². The number of hydrogen-bond donors (Lipinski definition) is 3. The van der Waals surface area contributed by atoms with Crippen LogP contribution in [0.5, 0.6) is 0 Å². The van der Waals surface area contributed by atoms with Crippen LogP contribution in [0.2, 0.25) is 0 Å². The van der Waals surface area contributed by atoms with Gasteiger partial charge in [-0.3, -0.25) is 0 Å². The molecule has 3 N–H and O–H groups in total. The average molecular weight is 200 g/mol. The van der Waals surface area contributed by atoms with Crippen LogP contribution in [0.15, 0.2) is 0 Å². The molecule has 0 saturated carbocycles. The van der Waals surface area contributed by atoms with Crippen molar-refractivity contribution < 1.29 is 9.84 Å². The summed E-state index contributed by atoms with van der Waals surface area (Å²) in [5.74, 6) is 0.768. The summed E-state index contributed by atoms with van der Waals surface area (Å²) in [6, 6.07) is 0.157. The maximum atomic E-state index is 9.52. The van der Waals surface area contributed by atoms with Crippen molar-refractivity contribution in [3.8, 4) is 0 Å². The summed E-state index contributed by atoms with van der Waals surface area (Å²) < 4.78 is 5.18. The second-order valence-electron chi connectivity index (χ2n) is 4.31. The minimum Gasteiger partial charge on any atom is -0.389 e. The van der Waals surface area contributed by atoms with E-state index >= 15 is 0 Å². The smallest absolute Gasteiger partial charge is 0.0948 e. The highest BCUT2D eigenvalue weighted by Crippen LogP contribution is 2.12. The van der Waals surface area contributed by atoms with Gasteiger partial charge in [0, 0.05) is 0 Å². The van der Waals surface area contributed by atoms with Gasteiger partial charge in [-0.25, -0.2) is 0 Å². The maximum Gasteiger partial charge on any atom is 0.0948 e. The minimum atomic E-state index is -0.309. The molecule has 0 aromatic carbocycles. The Morgan fingerprint density at radius 3 is 2.71 bits per heavy atom. The van der Waals surface area contributed by atoms with Crippen molar-refractivity contribution in [2.45, 2.75) is 25.0 Å². The van der Waals surface area contributed by atoms with Gasteiger partial charge in [-0.2, -0.15) is 0 Å². The van der Waals surface area contributed by atoms with E-state index in [1.807, 2.05) is 0 Å². The number of aliphatic hydroxyl groups is 1. The van der Waals surface area contributed by atoms with Crippen LogP contribution in [-0.4, -0.2) is 50.1 Å². The Morgan fingerprint density at radius 1 is 1.29 bits per heavy atom. The topological polar surface area (TPSA) is 53.5 Å². The van der Waals surface area contributed by atoms with Crippen LogP contribution in [-0.2, 0) is 4.74 Å². The van der Waals surface area contributed by atoms with Crippen molar-refractivity contribution in [1.29, 1.82) is 0 Å². The highest BCUT2D eigenvalue weighted by molar-refractivity contribution is 4.82. The van der Waals surface area contributed by atoms with Gasteiger partial charge < -0.3 is 20.5 Å². The lowest BCUT2D eigenvalue weighted by Crippen LogP contribution is -2.43. The fourth-order valence-corrected chi connectivity index (χ4v) is 2.14.